The maximum Gasteiger partial charge on any atom is 0.0319 e. The third-order valence-electron chi connectivity index (χ3n) is 3.27. The van der Waals surface area contributed by atoms with Gasteiger partial charge in [0.1, 0.15) is 0 Å². The zero-order chi connectivity index (χ0) is 30.3. The van der Waals surface area contributed by atoms with Gasteiger partial charge >= 0.3 is 0 Å². The molecule has 2 heteroatoms. The van der Waals surface area contributed by atoms with E-state index < -0.39 is 0 Å². The van der Waals surface area contributed by atoms with Crippen LogP contribution < -0.4 is 0 Å². The molecule has 0 aliphatic heterocycles. The lowest BCUT2D eigenvalue weighted by Gasteiger charge is -1.82. The van der Waals surface area contributed by atoms with Crippen LogP contribution in [0.5, 0.6) is 0 Å². The summed E-state index contributed by atoms with van der Waals surface area (Å²) in [5.74, 6) is 17.0. The molecule has 3 N–H and O–H groups in total. The Labute approximate surface area is 242 Å². The Morgan fingerprint density at radius 2 is 0.692 bits per heavy atom. The highest BCUT2D eigenvalue weighted by atomic mass is 16.2. The SMILES string of the molecule is C#CC#CC#CC#CC.CC.CC.CC.CO.Cc1ccccc1.Cc1ccccc1.Cc1ccccc1.O. The first-order valence-electron chi connectivity index (χ1n) is 13.0. The number of hydrogen-bond acceptors (Lipinski definition) is 1. The number of aryl methyl sites for hydroxylation is 3. The molecule has 0 aliphatic rings. The second kappa shape index (κ2) is 50.6. The first kappa shape index (κ1) is 47.9. The monoisotopic (exact) mass is 528 g/mol. The lowest BCUT2D eigenvalue weighted by molar-refractivity contribution is 0.399. The molecular weight excluding hydrogens is 476 g/mol. The van der Waals surface area contributed by atoms with Crippen molar-refractivity contribution in [3.63, 3.8) is 0 Å². The Hall–Kier alpha value is -4.18. The highest BCUT2D eigenvalue weighted by Gasteiger charge is 1.73. The van der Waals surface area contributed by atoms with Gasteiger partial charge in [-0.3, -0.25) is 0 Å². The van der Waals surface area contributed by atoms with Crippen LogP contribution in [0.2, 0.25) is 0 Å². The fourth-order valence-corrected chi connectivity index (χ4v) is 1.80. The summed E-state index contributed by atoms with van der Waals surface area (Å²) in [7, 11) is 1.00. The summed E-state index contributed by atoms with van der Waals surface area (Å²) >= 11 is 0. The zero-order valence-electron chi connectivity index (χ0n) is 26.2. The van der Waals surface area contributed by atoms with Crippen molar-refractivity contribution >= 4 is 0 Å². The molecule has 0 aromatic heterocycles. The van der Waals surface area contributed by atoms with Gasteiger partial charge in [0.15, 0.2) is 0 Å². The van der Waals surface area contributed by atoms with E-state index in [1.54, 1.807) is 6.92 Å². The van der Waals surface area contributed by atoms with Crippen molar-refractivity contribution in [2.75, 3.05) is 7.11 Å². The van der Waals surface area contributed by atoms with Gasteiger partial charge in [0.2, 0.25) is 0 Å². The van der Waals surface area contributed by atoms with Crippen molar-refractivity contribution in [3.8, 4) is 47.9 Å². The number of hydrogen-bond donors (Lipinski definition) is 1. The molecule has 0 aliphatic carbocycles. The second-order valence-corrected chi connectivity index (χ2v) is 5.98. The van der Waals surface area contributed by atoms with E-state index in [1.165, 1.54) is 16.7 Å². The molecule has 0 radical (unpaired) electrons. The van der Waals surface area contributed by atoms with Crippen molar-refractivity contribution in [2.45, 2.75) is 69.2 Å². The number of aliphatic hydroxyl groups excluding tert-OH is 1. The molecule has 0 spiro atoms. The first-order valence-corrected chi connectivity index (χ1v) is 13.0. The summed E-state index contributed by atoms with van der Waals surface area (Å²) in [4.78, 5) is 0. The normalized spacial score (nSPS) is 6.13. The predicted molar refractivity (Wildman–Crippen MR) is 177 cm³/mol. The van der Waals surface area contributed by atoms with E-state index >= 15 is 0 Å². The minimum Gasteiger partial charge on any atom is -0.412 e. The molecule has 0 atom stereocenters. The van der Waals surface area contributed by atoms with E-state index in [0.29, 0.717) is 0 Å². The summed E-state index contributed by atoms with van der Waals surface area (Å²) in [6.45, 7) is 20.0. The van der Waals surface area contributed by atoms with Crippen LogP contribution in [-0.4, -0.2) is 17.7 Å². The highest BCUT2D eigenvalue weighted by Crippen LogP contribution is 1.93. The van der Waals surface area contributed by atoms with Crippen LogP contribution in [0.3, 0.4) is 0 Å². The summed E-state index contributed by atoms with van der Waals surface area (Å²) in [5, 5.41) is 7.00. The second-order valence-electron chi connectivity index (χ2n) is 5.98. The van der Waals surface area contributed by atoms with Crippen molar-refractivity contribution in [3.05, 3.63) is 108 Å². The minimum absolute atomic E-state index is 0. The molecule has 0 saturated heterocycles. The smallest absolute Gasteiger partial charge is 0.0319 e. The standard InChI is InChI=1S/C9H4.3C7H8.3C2H6.CH4O.H2O/c1-3-5-7-9-8-6-4-2;3*1-7-5-3-2-4-6-7;4*1-2;/h1H,2H3;3*2-6H,1H3;3*1-2H3;2H,1H3;1H2. The van der Waals surface area contributed by atoms with Gasteiger partial charge in [-0.15, -0.1) is 6.42 Å². The van der Waals surface area contributed by atoms with Gasteiger partial charge in [-0.1, -0.05) is 155 Å². The van der Waals surface area contributed by atoms with Gasteiger partial charge in [0.25, 0.3) is 0 Å². The number of rotatable bonds is 0. The molecule has 0 fully saturated rings. The number of terminal acetylenes is 1. The van der Waals surface area contributed by atoms with E-state index in [1.807, 2.05) is 96.1 Å². The number of benzene rings is 3. The first-order chi connectivity index (χ1) is 18.6. The summed E-state index contributed by atoms with van der Waals surface area (Å²) in [6.07, 6.45) is 4.82. The van der Waals surface area contributed by atoms with Crippen LogP contribution in [0.15, 0.2) is 91.0 Å². The predicted octanol–water partition coefficient (Wildman–Crippen LogP) is 8.50. The fourth-order valence-electron chi connectivity index (χ4n) is 1.80. The maximum atomic E-state index is 7.00. The molecule has 0 bridgehead atoms. The van der Waals surface area contributed by atoms with Crippen LogP contribution in [0.4, 0.5) is 0 Å². The molecule has 0 unspecified atom stereocenters. The Bertz CT molecular complexity index is 941. The maximum absolute atomic E-state index is 7.00. The average molecular weight is 529 g/mol. The van der Waals surface area contributed by atoms with E-state index in [0.717, 1.165) is 7.11 Å². The third-order valence-corrected chi connectivity index (χ3v) is 3.27. The topological polar surface area (TPSA) is 51.7 Å². The van der Waals surface area contributed by atoms with Gasteiger partial charge in [0.05, 0.1) is 0 Å². The highest BCUT2D eigenvalue weighted by molar-refractivity contribution is 5.38. The lowest BCUT2D eigenvalue weighted by Crippen LogP contribution is -1.62. The quantitative estimate of drug-likeness (QED) is 0.292. The van der Waals surface area contributed by atoms with Crippen molar-refractivity contribution < 1.29 is 10.6 Å². The van der Waals surface area contributed by atoms with Crippen molar-refractivity contribution in [1.29, 1.82) is 0 Å². The minimum atomic E-state index is 0. The lowest BCUT2D eigenvalue weighted by atomic mass is 10.2. The van der Waals surface area contributed by atoms with Crippen molar-refractivity contribution in [1.82, 2.24) is 0 Å². The van der Waals surface area contributed by atoms with E-state index in [9.17, 15) is 0 Å². The van der Waals surface area contributed by atoms with E-state index in [2.05, 4.69) is 98.6 Å². The molecular formula is C37H52O2. The average Bonchev–Trinajstić information content (AvgIpc) is 2.99. The zero-order valence-corrected chi connectivity index (χ0v) is 26.2. The van der Waals surface area contributed by atoms with Crippen LogP contribution in [0, 0.1) is 68.6 Å². The van der Waals surface area contributed by atoms with Gasteiger partial charge in [-0.05, 0) is 63.2 Å². The molecule has 3 aromatic carbocycles. The molecule has 0 heterocycles. The molecule has 0 saturated carbocycles. The summed E-state index contributed by atoms with van der Waals surface area (Å²) < 4.78 is 0. The van der Waals surface area contributed by atoms with E-state index in [4.69, 9.17) is 11.5 Å². The third kappa shape index (κ3) is 51.4. The van der Waals surface area contributed by atoms with Crippen molar-refractivity contribution in [2.24, 2.45) is 0 Å². The van der Waals surface area contributed by atoms with Gasteiger partial charge < -0.3 is 10.6 Å². The van der Waals surface area contributed by atoms with Gasteiger partial charge in [0, 0.05) is 7.11 Å². The fraction of sp³-hybridized carbons (Fsp3) is 0.297. The van der Waals surface area contributed by atoms with Crippen LogP contribution in [0.25, 0.3) is 0 Å². The Morgan fingerprint density at radius 3 is 0.872 bits per heavy atom. The molecule has 0 amide bonds. The largest absolute Gasteiger partial charge is 0.412 e. The molecule has 212 valence electrons. The Morgan fingerprint density at radius 1 is 0.462 bits per heavy atom. The van der Waals surface area contributed by atoms with Crippen LogP contribution >= 0.6 is 0 Å². The molecule has 3 rings (SSSR count). The molecule has 3 aromatic rings. The summed E-state index contributed by atoms with van der Waals surface area (Å²) in [6, 6.07) is 30.8. The Kier molecular flexibility index (Phi) is 62.3. The molecule has 39 heavy (non-hydrogen) atoms. The summed E-state index contributed by atoms with van der Waals surface area (Å²) in [5.41, 5.74) is 3.97. The molecule has 2 nitrogen and oxygen atoms in total. The van der Waals surface area contributed by atoms with Gasteiger partial charge in [-0.25, -0.2) is 0 Å². The number of aliphatic hydroxyl groups is 1. The Balaban J connectivity index is -0.0000000851. The van der Waals surface area contributed by atoms with Gasteiger partial charge in [-0.2, -0.15) is 0 Å². The van der Waals surface area contributed by atoms with Crippen LogP contribution in [0.1, 0.15) is 65.2 Å². The van der Waals surface area contributed by atoms with E-state index in [-0.39, 0.29) is 5.48 Å². The van der Waals surface area contributed by atoms with Crippen LogP contribution in [-0.2, 0) is 0 Å².